The number of amides is 1. The van der Waals surface area contributed by atoms with Gasteiger partial charge in [0.05, 0.1) is 12.6 Å². The van der Waals surface area contributed by atoms with E-state index in [9.17, 15) is 4.79 Å². The van der Waals surface area contributed by atoms with Crippen LogP contribution in [0.1, 0.15) is 24.8 Å². The van der Waals surface area contributed by atoms with Gasteiger partial charge in [-0.2, -0.15) is 0 Å². The summed E-state index contributed by atoms with van der Waals surface area (Å²) in [5.74, 6) is 0.116. The summed E-state index contributed by atoms with van der Waals surface area (Å²) < 4.78 is 11.9. The topological polar surface area (TPSA) is 51.7 Å². The average molecular weight is 302 g/mol. The van der Waals surface area contributed by atoms with Gasteiger partial charge in [-0.3, -0.25) is 9.78 Å². The third-order valence-electron chi connectivity index (χ3n) is 4.33. The van der Waals surface area contributed by atoms with Crippen molar-refractivity contribution in [1.29, 1.82) is 0 Å². The molecule has 3 atom stereocenters. The Balaban J connectivity index is 1.66. The van der Waals surface area contributed by atoms with Gasteiger partial charge in [-0.25, -0.2) is 0 Å². The van der Waals surface area contributed by atoms with Crippen LogP contribution in [0.25, 0.3) is 0 Å². The van der Waals surface area contributed by atoms with E-state index in [1.165, 1.54) is 0 Å². The van der Waals surface area contributed by atoms with Gasteiger partial charge in [0.2, 0.25) is 5.91 Å². The van der Waals surface area contributed by atoms with Gasteiger partial charge in [0.15, 0.2) is 0 Å². The van der Waals surface area contributed by atoms with E-state index in [-0.39, 0.29) is 24.2 Å². The van der Waals surface area contributed by atoms with Crippen LogP contribution in [0, 0.1) is 0 Å². The molecule has 5 heteroatoms. The quantitative estimate of drug-likeness (QED) is 0.780. The Morgan fingerprint density at radius 2 is 2.32 bits per heavy atom. The Morgan fingerprint density at radius 3 is 3.09 bits per heavy atom. The molecule has 1 amide bonds. The van der Waals surface area contributed by atoms with Crippen LogP contribution in [-0.2, 0) is 20.9 Å². The van der Waals surface area contributed by atoms with Crippen LogP contribution in [0.5, 0.6) is 0 Å². The summed E-state index contributed by atoms with van der Waals surface area (Å²) in [7, 11) is 0. The Bertz CT molecular complexity index is 520. The first-order valence-electron chi connectivity index (χ1n) is 7.82. The molecule has 0 radical (unpaired) electrons. The number of aromatic nitrogens is 1. The highest BCUT2D eigenvalue weighted by Crippen LogP contribution is 2.31. The Labute approximate surface area is 130 Å². The second-order valence-corrected chi connectivity index (χ2v) is 5.79. The van der Waals surface area contributed by atoms with Gasteiger partial charge >= 0.3 is 0 Å². The molecule has 0 aliphatic carbocycles. The summed E-state index contributed by atoms with van der Waals surface area (Å²) in [5, 5.41) is 0. The molecule has 0 unspecified atom stereocenters. The number of carbonyl (C=O) groups excluding carboxylic acids is 1. The van der Waals surface area contributed by atoms with Gasteiger partial charge in [-0.05, 0) is 30.5 Å². The maximum Gasteiger partial charge on any atom is 0.226 e. The zero-order valence-corrected chi connectivity index (χ0v) is 12.7. The normalized spacial score (nSPS) is 27.5. The molecule has 118 valence electrons. The second kappa shape index (κ2) is 7.03. The van der Waals surface area contributed by atoms with Crippen molar-refractivity contribution in [3.8, 4) is 0 Å². The number of hydrogen-bond donors (Lipinski definition) is 0. The lowest BCUT2D eigenvalue weighted by atomic mass is 10.0. The molecule has 3 rings (SSSR count). The predicted molar refractivity (Wildman–Crippen MR) is 82.1 cm³/mol. The van der Waals surface area contributed by atoms with Crippen LogP contribution < -0.4 is 0 Å². The second-order valence-electron chi connectivity index (χ2n) is 5.79. The van der Waals surface area contributed by atoms with E-state index in [0.29, 0.717) is 19.6 Å². The van der Waals surface area contributed by atoms with Crippen LogP contribution in [-0.4, -0.2) is 47.2 Å². The molecule has 3 heterocycles. The Hall–Kier alpha value is -1.72. The molecule has 2 saturated heterocycles. The molecule has 0 aromatic carbocycles. The standard InChI is InChI=1S/C17H22N2O3/c1-2-4-16(20)19-11-15(17-14(19)5-3-10-21-17)22-12-13-6-8-18-9-7-13/h2,6-9,14-15,17H,1,3-5,10-12H2/t14-,15+,17+/m0/s1. The highest BCUT2D eigenvalue weighted by atomic mass is 16.5. The molecule has 1 aromatic rings. The van der Waals surface area contributed by atoms with E-state index in [1.807, 2.05) is 17.0 Å². The summed E-state index contributed by atoms with van der Waals surface area (Å²) in [6.45, 7) is 5.53. The molecule has 0 bridgehead atoms. The molecular weight excluding hydrogens is 280 g/mol. The number of carbonyl (C=O) groups is 1. The SMILES string of the molecule is C=CCC(=O)N1C[C@@H](OCc2ccncc2)[C@@H]2OCCC[C@@H]21. The van der Waals surface area contributed by atoms with E-state index < -0.39 is 0 Å². The van der Waals surface area contributed by atoms with Crippen molar-refractivity contribution >= 4 is 5.91 Å². The molecule has 2 aliphatic rings. The van der Waals surface area contributed by atoms with E-state index >= 15 is 0 Å². The van der Waals surface area contributed by atoms with Gasteiger partial charge < -0.3 is 14.4 Å². The molecule has 0 spiro atoms. The summed E-state index contributed by atoms with van der Waals surface area (Å²) in [5.41, 5.74) is 1.08. The molecule has 0 N–H and O–H groups in total. The fraction of sp³-hybridized carbons (Fsp3) is 0.529. The summed E-state index contributed by atoms with van der Waals surface area (Å²) in [6, 6.07) is 4.02. The van der Waals surface area contributed by atoms with Crippen molar-refractivity contribution in [1.82, 2.24) is 9.88 Å². The summed E-state index contributed by atoms with van der Waals surface area (Å²) in [4.78, 5) is 18.2. The van der Waals surface area contributed by atoms with Crippen molar-refractivity contribution in [2.75, 3.05) is 13.2 Å². The van der Waals surface area contributed by atoms with E-state index in [4.69, 9.17) is 9.47 Å². The summed E-state index contributed by atoms with van der Waals surface area (Å²) in [6.07, 6.45) is 7.46. The first kappa shape index (κ1) is 15.2. The highest BCUT2D eigenvalue weighted by molar-refractivity contribution is 5.78. The fourth-order valence-electron chi connectivity index (χ4n) is 3.27. The number of rotatable bonds is 5. The van der Waals surface area contributed by atoms with Crippen LogP contribution in [0.4, 0.5) is 0 Å². The van der Waals surface area contributed by atoms with E-state index in [2.05, 4.69) is 11.6 Å². The van der Waals surface area contributed by atoms with Crippen LogP contribution in [0.15, 0.2) is 37.2 Å². The lowest BCUT2D eigenvalue weighted by molar-refractivity contribution is -0.133. The predicted octanol–water partition coefficient (Wildman–Crippen LogP) is 1.93. The van der Waals surface area contributed by atoms with Gasteiger partial charge in [-0.15, -0.1) is 6.58 Å². The third kappa shape index (κ3) is 3.20. The van der Waals surface area contributed by atoms with Crippen molar-refractivity contribution in [3.63, 3.8) is 0 Å². The zero-order valence-electron chi connectivity index (χ0n) is 12.7. The minimum absolute atomic E-state index is 0.00986. The van der Waals surface area contributed by atoms with Gasteiger partial charge in [0.1, 0.15) is 12.2 Å². The van der Waals surface area contributed by atoms with Crippen LogP contribution in [0.2, 0.25) is 0 Å². The monoisotopic (exact) mass is 302 g/mol. The number of pyridine rings is 1. The van der Waals surface area contributed by atoms with Crippen molar-refractivity contribution in [3.05, 3.63) is 42.7 Å². The van der Waals surface area contributed by atoms with Crippen LogP contribution in [0.3, 0.4) is 0 Å². The van der Waals surface area contributed by atoms with Crippen LogP contribution >= 0.6 is 0 Å². The summed E-state index contributed by atoms with van der Waals surface area (Å²) >= 11 is 0. The highest BCUT2D eigenvalue weighted by Gasteiger charge is 2.46. The molecular formula is C17H22N2O3. The third-order valence-corrected chi connectivity index (χ3v) is 4.33. The molecule has 2 fully saturated rings. The van der Waals surface area contributed by atoms with Crippen molar-refractivity contribution in [2.24, 2.45) is 0 Å². The minimum Gasteiger partial charge on any atom is -0.373 e. The lowest BCUT2D eigenvalue weighted by Gasteiger charge is -2.32. The van der Waals surface area contributed by atoms with Gasteiger partial charge in [-0.1, -0.05) is 6.08 Å². The minimum atomic E-state index is -0.0627. The van der Waals surface area contributed by atoms with E-state index in [1.54, 1.807) is 18.5 Å². The maximum absolute atomic E-state index is 12.3. The largest absolute Gasteiger partial charge is 0.373 e. The first-order valence-corrected chi connectivity index (χ1v) is 7.82. The number of ether oxygens (including phenoxy) is 2. The van der Waals surface area contributed by atoms with Gasteiger partial charge in [0.25, 0.3) is 0 Å². The zero-order chi connectivity index (χ0) is 15.4. The number of fused-ring (bicyclic) bond motifs is 1. The Kier molecular flexibility index (Phi) is 4.85. The molecule has 2 aliphatic heterocycles. The molecule has 22 heavy (non-hydrogen) atoms. The lowest BCUT2D eigenvalue weighted by Crippen LogP contribution is -2.43. The molecule has 1 aromatic heterocycles. The first-order chi connectivity index (χ1) is 10.8. The number of nitrogens with zero attached hydrogens (tertiary/aromatic N) is 2. The van der Waals surface area contributed by atoms with Crippen molar-refractivity contribution < 1.29 is 14.3 Å². The Morgan fingerprint density at radius 1 is 1.50 bits per heavy atom. The fourth-order valence-corrected chi connectivity index (χ4v) is 3.27. The molecule has 5 nitrogen and oxygen atoms in total. The van der Waals surface area contributed by atoms with E-state index in [0.717, 1.165) is 25.0 Å². The molecule has 0 saturated carbocycles. The smallest absolute Gasteiger partial charge is 0.226 e. The number of likely N-dealkylation sites (tertiary alicyclic amines) is 1. The maximum atomic E-state index is 12.3. The average Bonchev–Trinajstić information content (AvgIpc) is 2.93. The van der Waals surface area contributed by atoms with Crippen molar-refractivity contribution in [2.45, 2.75) is 44.1 Å². The number of hydrogen-bond acceptors (Lipinski definition) is 4. The van der Waals surface area contributed by atoms with Gasteiger partial charge in [0, 0.05) is 32.0 Å².